The second-order valence-corrected chi connectivity index (χ2v) is 6.33. The minimum Gasteiger partial charge on any atom is -0.496 e. The number of ether oxygens (including phenoxy) is 1. The molecule has 0 bridgehead atoms. The quantitative estimate of drug-likeness (QED) is 0.874. The summed E-state index contributed by atoms with van der Waals surface area (Å²) in [5.74, 6) is 1.21. The zero-order valence-corrected chi connectivity index (χ0v) is 12.5. The number of aliphatic hydroxyl groups is 1. The number of methoxy groups -OCH3 is 1. The van der Waals surface area contributed by atoms with Gasteiger partial charge in [-0.2, -0.15) is 0 Å². The van der Waals surface area contributed by atoms with E-state index in [1.54, 1.807) is 7.11 Å². The molecule has 0 aliphatic heterocycles. The number of para-hydroxylation sites is 1. The van der Waals surface area contributed by atoms with Gasteiger partial charge < -0.3 is 15.2 Å². The van der Waals surface area contributed by atoms with Crippen molar-refractivity contribution in [3.05, 3.63) is 29.8 Å². The third kappa shape index (κ3) is 2.77. The van der Waals surface area contributed by atoms with Gasteiger partial charge in [-0.05, 0) is 36.8 Å². The summed E-state index contributed by atoms with van der Waals surface area (Å²) in [6.07, 6.45) is 4.82. The smallest absolute Gasteiger partial charge is 0.224 e. The van der Waals surface area contributed by atoms with Crippen LogP contribution in [0, 0.1) is 5.92 Å². The lowest BCUT2D eigenvalue weighted by atomic mass is 9.98. The predicted octanol–water partition coefficient (Wildman–Crippen LogP) is 2.22. The number of carbonyl (C=O) groups excluding carboxylic acids is 1. The minimum absolute atomic E-state index is 0.0188. The van der Waals surface area contributed by atoms with Crippen LogP contribution in [0.25, 0.3) is 0 Å². The number of benzene rings is 1. The van der Waals surface area contributed by atoms with E-state index in [9.17, 15) is 9.90 Å². The van der Waals surface area contributed by atoms with E-state index in [2.05, 4.69) is 5.32 Å². The number of rotatable bonds is 5. The normalized spacial score (nSPS) is 26.4. The van der Waals surface area contributed by atoms with Crippen LogP contribution in [-0.4, -0.2) is 30.3 Å². The molecule has 0 aromatic heterocycles. The monoisotopic (exact) mass is 289 g/mol. The molecule has 0 heterocycles. The molecule has 21 heavy (non-hydrogen) atoms. The van der Waals surface area contributed by atoms with Crippen molar-refractivity contribution >= 4 is 5.91 Å². The minimum atomic E-state index is -0.370. The van der Waals surface area contributed by atoms with E-state index in [0.29, 0.717) is 0 Å². The van der Waals surface area contributed by atoms with Crippen molar-refractivity contribution < 1.29 is 14.6 Å². The van der Waals surface area contributed by atoms with Gasteiger partial charge in [-0.15, -0.1) is 0 Å². The zero-order chi connectivity index (χ0) is 14.9. The molecule has 2 saturated carbocycles. The molecule has 2 aliphatic rings. The molecule has 2 aliphatic carbocycles. The number of hydrogen-bond acceptors (Lipinski definition) is 3. The van der Waals surface area contributed by atoms with Gasteiger partial charge in [0.1, 0.15) is 5.75 Å². The Morgan fingerprint density at radius 1 is 1.38 bits per heavy atom. The fraction of sp³-hybridized carbons (Fsp3) is 0.588. The lowest BCUT2D eigenvalue weighted by molar-refractivity contribution is -0.124. The first-order chi connectivity index (χ1) is 10.2. The van der Waals surface area contributed by atoms with E-state index in [0.717, 1.165) is 43.4 Å². The van der Waals surface area contributed by atoms with E-state index >= 15 is 0 Å². The SMILES string of the molecule is COc1ccccc1C1CC1C(=O)NC1(CO)CCCC1. The van der Waals surface area contributed by atoms with Crippen LogP contribution in [0.2, 0.25) is 0 Å². The molecule has 2 N–H and O–H groups in total. The summed E-state index contributed by atoms with van der Waals surface area (Å²) in [5.41, 5.74) is 0.745. The predicted molar refractivity (Wildman–Crippen MR) is 80.3 cm³/mol. The van der Waals surface area contributed by atoms with Crippen LogP contribution in [-0.2, 0) is 4.79 Å². The van der Waals surface area contributed by atoms with Gasteiger partial charge in [-0.25, -0.2) is 0 Å². The topological polar surface area (TPSA) is 58.6 Å². The fourth-order valence-electron chi connectivity index (χ4n) is 3.53. The zero-order valence-electron chi connectivity index (χ0n) is 12.5. The van der Waals surface area contributed by atoms with Crippen LogP contribution in [0.4, 0.5) is 0 Å². The summed E-state index contributed by atoms with van der Waals surface area (Å²) in [4.78, 5) is 12.4. The van der Waals surface area contributed by atoms with Crippen molar-refractivity contribution in [1.29, 1.82) is 0 Å². The van der Waals surface area contributed by atoms with E-state index in [-0.39, 0.29) is 29.9 Å². The molecule has 0 radical (unpaired) electrons. The summed E-state index contributed by atoms with van der Waals surface area (Å²) in [6, 6.07) is 7.90. The highest BCUT2D eigenvalue weighted by Crippen LogP contribution is 2.50. The van der Waals surface area contributed by atoms with Gasteiger partial charge in [0.05, 0.1) is 19.3 Å². The van der Waals surface area contributed by atoms with E-state index < -0.39 is 0 Å². The lowest BCUT2D eigenvalue weighted by Gasteiger charge is -2.28. The number of hydrogen-bond donors (Lipinski definition) is 2. The highest BCUT2D eigenvalue weighted by atomic mass is 16.5. The van der Waals surface area contributed by atoms with Crippen molar-refractivity contribution in [2.45, 2.75) is 43.6 Å². The molecule has 114 valence electrons. The van der Waals surface area contributed by atoms with E-state index in [4.69, 9.17) is 4.74 Å². The third-order valence-corrected chi connectivity index (χ3v) is 4.92. The fourth-order valence-corrected chi connectivity index (χ4v) is 3.53. The molecule has 2 fully saturated rings. The Labute approximate surface area is 125 Å². The second kappa shape index (κ2) is 5.68. The van der Waals surface area contributed by atoms with Crippen molar-refractivity contribution in [2.24, 2.45) is 5.92 Å². The Morgan fingerprint density at radius 3 is 2.76 bits per heavy atom. The number of carbonyl (C=O) groups is 1. The van der Waals surface area contributed by atoms with E-state index in [1.165, 1.54) is 0 Å². The largest absolute Gasteiger partial charge is 0.496 e. The van der Waals surface area contributed by atoms with Crippen molar-refractivity contribution in [3.63, 3.8) is 0 Å². The molecule has 1 aromatic rings. The number of nitrogens with one attached hydrogen (secondary N) is 1. The van der Waals surface area contributed by atoms with Crippen LogP contribution in [0.3, 0.4) is 0 Å². The maximum atomic E-state index is 12.4. The Hall–Kier alpha value is -1.55. The number of aliphatic hydroxyl groups excluding tert-OH is 1. The van der Waals surface area contributed by atoms with Gasteiger partial charge in [0.2, 0.25) is 5.91 Å². The first kappa shape index (κ1) is 14.4. The van der Waals surface area contributed by atoms with Gasteiger partial charge in [-0.3, -0.25) is 4.79 Å². The second-order valence-electron chi connectivity index (χ2n) is 6.33. The van der Waals surface area contributed by atoms with Crippen LogP contribution in [0.1, 0.15) is 43.6 Å². The molecule has 2 atom stereocenters. The molecular formula is C17H23NO3. The molecule has 4 nitrogen and oxygen atoms in total. The van der Waals surface area contributed by atoms with Crippen LogP contribution in [0.15, 0.2) is 24.3 Å². The van der Waals surface area contributed by atoms with Gasteiger partial charge in [0.15, 0.2) is 0 Å². The maximum absolute atomic E-state index is 12.4. The summed E-state index contributed by atoms with van der Waals surface area (Å²) in [6.45, 7) is 0.0464. The average molecular weight is 289 g/mol. The lowest BCUT2D eigenvalue weighted by Crippen LogP contribution is -2.49. The van der Waals surface area contributed by atoms with Gasteiger partial charge >= 0.3 is 0 Å². The van der Waals surface area contributed by atoms with Crippen molar-refractivity contribution in [3.8, 4) is 5.75 Å². The molecule has 2 unspecified atom stereocenters. The van der Waals surface area contributed by atoms with Crippen molar-refractivity contribution in [1.82, 2.24) is 5.32 Å². The number of amides is 1. The van der Waals surface area contributed by atoms with Crippen LogP contribution < -0.4 is 10.1 Å². The van der Waals surface area contributed by atoms with Crippen LogP contribution >= 0.6 is 0 Å². The average Bonchev–Trinajstić information content (AvgIpc) is 3.20. The maximum Gasteiger partial charge on any atom is 0.224 e. The highest BCUT2D eigenvalue weighted by Gasteiger charge is 2.47. The molecule has 1 aromatic carbocycles. The Balaban J connectivity index is 1.66. The Bertz CT molecular complexity index is 523. The molecule has 4 heteroatoms. The molecule has 1 amide bonds. The molecular weight excluding hydrogens is 266 g/mol. The van der Waals surface area contributed by atoms with Gasteiger partial charge in [0, 0.05) is 5.92 Å². The van der Waals surface area contributed by atoms with Gasteiger partial charge in [0.25, 0.3) is 0 Å². The highest BCUT2D eigenvalue weighted by molar-refractivity contribution is 5.84. The third-order valence-electron chi connectivity index (χ3n) is 4.92. The summed E-state index contributed by atoms with van der Waals surface area (Å²) < 4.78 is 5.38. The van der Waals surface area contributed by atoms with Crippen LogP contribution in [0.5, 0.6) is 5.75 Å². The van der Waals surface area contributed by atoms with Crippen molar-refractivity contribution in [2.75, 3.05) is 13.7 Å². The molecule has 0 saturated heterocycles. The Morgan fingerprint density at radius 2 is 2.10 bits per heavy atom. The van der Waals surface area contributed by atoms with E-state index in [1.807, 2.05) is 24.3 Å². The summed E-state index contributed by atoms with van der Waals surface area (Å²) >= 11 is 0. The Kier molecular flexibility index (Phi) is 3.89. The van der Waals surface area contributed by atoms with Gasteiger partial charge in [-0.1, -0.05) is 31.0 Å². The molecule has 3 rings (SSSR count). The molecule has 0 spiro atoms. The summed E-state index contributed by atoms with van der Waals surface area (Å²) in [5, 5.41) is 12.7. The summed E-state index contributed by atoms with van der Waals surface area (Å²) in [7, 11) is 1.66. The first-order valence-corrected chi connectivity index (χ1v) is 7.75. The first-order valence-electron chi connectivity index (χ1n) is 7.75. The standard InChI is InChI=1S/C17H23NO3/c1-21-15-7-3-2-6-12(15)13-10-14(13)16(20)18-17(11-19)8-4-5-9-17/h2-3,6-7,13-14,19H,4-5,8-11H2,1H3,(H,18,20).